The van der Waals surface area contributed by atoms with Crippen LogP contribution in [0.3, 0.4) is 0 Å². The summed E-state index contributed by atoms with van der Waals surface area (Å²) in [5.74, 6) is 3.09. The van der Waals surface area contributed by atoms with Gasteiger partial charge in [0.25, 0.3) is 0 Å². The Hall–Kier alpha value is -0.910. The van der Waals surface area contributed by atoms with Gasteiger partial charge in [0.1, 0.15) is 0 Å². The maximum absolute atomic E-state index is 3.98. The SMILES string of the molecule is C=C(CC)CC.C=C(CC)CC.CC.CC=CCC.CCC(C)CC.[CH2+]C([CH2-])(CC)CC.[CH2-]C(C)C(CC)CC.[CH2-]C(CC)CC. The van der Waals surface area contributed by atoms with E-state index in [4.69, 9.17) is 0 Å². The predicted octanol–water partition coefficient (Wildman–Crippen LogP) is 17.8. The Morgan fingerprint density at radius 2 is 0.935 bits per heavy atom. The molecule has 0 saturated carbocycles. The molecular weight excluding hydrogens is 553 g/mol. The summed E-state index contributed by atoms with van der Waals surface area (Å²) < 4.78 is 0. The Morgan fingerprint density at radius 1 is 0.630 bits per heavy atom. The number of hydrogen-bond donors (Lipinski definition) is 0. The molecule has 0 radical (unpaired) electrons. The average molecular weight is 651 g/mol. The molecule has 0 nitrogen and oxygen atoms in total. The zero-order chi connectivity index (χ0) is 38.6. The maximum Gasteiger partial charge on any atom is 0.0363 e. The second-order valence-electron chi connectivity index (χ2n) is 12.3. The van der Waals surface area contributed by atoms with Gasteiger partial charge in [0.05, 0.1) is 0 Å². The molecule has 0 aliphatic carbocycles. The molecule has 0 fully saturated rings. The van der Waals surface area contributed by atoms with Crippen LogP contribution in [0.4, 0.5) is 0 Å². The molecule has 0 aliphatic rings. The van der Waals surface area contributed by atoms with E-state index >= 15 is 0 Å². The molecule has 0 aromatic heterocycles. The highest BCUT2D eigenvalue weighted by molar-refractivity contribution is 4.90. The highest BCUT2D eigenvalue weighted by Crippen LogP contribution is 2.21. The third kappa shape index (κ3) is 79.0. The molecule has 0 N–H and O–H groups in total. The van der Waals surface area contributed by atoms with Gasteiger partial charge in [-0.1, -0.05) is 199 Å². The molecule has 0 rings (SSSR count). The van der Waals surface area contributed by atoms with Crippen LogP contribution in [0.2, 0.25) is 0 Å². The first-order valence-electron chi connectivity index (χ1n) is 19.8. The third-order valence-electron chi connectivity index (χ3n) is 8.37. The molecule has 284 valence electrons. The lowest BCUT2D eigenvalue weighted by molar-refractivity contribution is 0.392. The molecule has 0 spiro atoms. The minimum atomic E-state index is 0.0833. The van der Waals surface area contributed by atoms with Crippen LogP contribution in [0.25, 0.3) is 0 Å². The molecule has 0 bridgehead atoms. The molecule has 1 unspecified atom stereocenters. The van der Waals surface area contributed by atoms with E-state index in [0.717, 1.165) is 56.8 Å². The van der Waals surface area contributed by atoms with E-state index in [-0.39, 0.29) is 5.41 Å². The highest BCUT2D eigenvalue weighted by Gasteiger charge is 2.10. The van der Waals surface area contributed by atoms with Crippen LogP contribution in [0.5, 0.6) is 0 Å². The van der Waals surface area contributed by atoms with Crippen molar-refractivity contribution in [1.29, 1.82) is 0 Å². The Balaban J connectivity index is -0.0000000607. The summed E-state index contributed by atoms with van der Waals surface area (Å²) in [4.78, 5) is 0. The first-order valence-corrected chi connectivity index (χ1v) is 19.8. The van der Waals surface area contributed by atoms with Gasteiger partial charge in [0, 0.05) is 6.92 Å². The van der Waals surface area contributed by atoms with Crippen molar-refractivity contribution < 1.29 is 0 Å². The zero-order valence-electron chi connectivity index (χ0n) is 36.4. The van der Waals surface area contributed by atoms with Crippen molar-refractivity contribution in [2.75, 3.05) is 0 Å². The van der Waals surface area contributed by atoms with Crippen LogP contribution < -0.4 is 0 Å². The van der Waals surface area contributed by atoms with Gasteiger partial charge in [-0.3, -0.25) is 6.92 Å². The molecule has 0 heterocycles. The summed E-state index contributed by atoms with van der Waals surface area (Å²) in [6, 6.07) is 0. The molecule has 0 aromatic carbocycles. The first kappa shape index (κ1) is 63.7. The van der Waals surface area contributed by atoms with Crippen molar-refractivity contribution in [3.8, 4) is 0 Å². The van der Waals surface area contributed by atoms with Gasteiger partial charge in [0.2, 0.25) is 0 Å². The van der Waals surface area contributed by atoms with E-state index in [1.165, 1.54) is 49.7 Å². The smallest absolute Gasteiger partial charge is 0.0363 e. The fourth-order valence-corrected chi connectivity index (χ4v) is 2.66. The molecule has 0 aromatic rings. The highest BCUT2D eigenvalue weighted by atomic mass is 14.2. The second-order valence-corrected chi connectivity index (χ2v) is 12.3. The van der Waals surface area contributed by atoms with E-state index in [1.54, 1.807) is 0 Å². The summed E-state index contributed by atoms with van der Waals surface area (Å²) in [6.45, 7) is 61.9. The van der Waals surface area contributed by atoms with Crippen molar-refractivity contribution >= 4 is 0 Å². The Kier molecular flexibility index (Phi) is 78.2. The van der Waals surface area contributed by atoms with Crippen LogP contribution in [-0.2, 0) is 0 Å². The largest absolute Gasteiger partial charge is 0.340 e. The maximum atomic E-state index is 3.98. The molecular formula is C46H98-2. The van der Waals surface area contributed by atoms with Crippen LogP contribution in [-0.4, -0.2) is 0 Å². The molecule has 1 atom stereocenters. The van der Waals surface area contributed by atoms with E-state index in [2.05, 4.69) is 157 Å². The lowest BCUT2D eigenvalue weighted by Crippen LogP contribution is -2.07. The van der Waals surface area contributed by atoms with Gasteiger partial charge in [-0.15, -0.1) is 0 Å². The van der Waals surface area contributed by atoms with Crippen molar-refractivity contribution in [3.63, 3.8) is 0 Å². The third-order valence-corrected chi connectivity index (χ3v) is 8.37. The van der Waals surface area contributed by atoms with Crippen LogP contribution in [0.1, 0.15) is 208 Å². The fourth-order valence-electron chi connectivity index (χ4n) is 2.66. The first-order chi connectivity index (χ1) is 21.5. The van der Waals surface area contributed by atoms with Crippen molar-refractivity contribution in [3.05, 3.63) is 64.2 Å². The van der Waals surface area contributed by atoms with Gasteiger partial charge < -0.3 is 13.8 Å². The van der Waals surface area contributed by atoms with Gasteiger partial charge in [-0.05, 0) is 63.2 Å². The summed E-state index contributed by atoms with van der Waals surface area (Å²) in [5, 5.41) is 0. The summed E-state index contributed by atoms with van der Waals surface area (Å²) in [7, 11) is 0. The lowest BCUT2D eigenvalue weighted by Gasteiger charge is -2.21. The lowest BCUT2D eigenvalue weighted by atomic mass is 9.88. The normalized spacial score (nSPS) is 10.3. The van der Waals surface area contributed by atoms with Crippen LogP contribution in [0, 0.1) is 56.8 Å². The van der Waals surface area contributed by atoms with Crippen molar-refractivity contribution in [1.82, 2.24) is 0 Å². The number of rotatable bonds is 14. The minimum absolute atomic E-state index is 0.0833. The van der Waals surface area contributed by atoms with Crippen LogP contribution in [0.15, 0.2) is 36.5 Å². The number of allylic oxidation sites excluding steroid dienone is 4. The predicted molar refractivity (Wildman–Crippen MR) is 227 cm³/mol. The standard InChI is InChI=1S/C8H17.C7H14.C6H14.C6H13.2C6H12.C5H10.C2H6/c1-5-8(6-2)7(3)4;1-5-7(3,4)6-2;4*1-4-6(3)5-2;1-3-5-4-2;1-2/h7-8H,3,5-6H2,1-2,4H3;3-6H2,1-2H3;6H,4-5H2,1-3H3;6H,3-5H2,1-2H3;2*3-5H2,1-2H3;3,5H,4H2,1-2H3;1-2H3/q-1;;;-1;;;;. The van der Waals surface area contributed by atoms with Crippen molar-refractivity contribution in [2.24, 2.45) is 29.1 Å². The molecule has 0 amide bonds. The quantitative estimate of drug-likeness (QED) is 0.130. The van der Waals surface area contributed by atoms with Gasteiger partial charge in [-0.2, -0.15) is 11.8 Å². The zero-order valence-corrected chi connectivity index (χ0v) is 36.4. The summed E-state index contributed by atoms with van der Waals surface area (Å²) in [5.41, 5.74) is 2.77. The monoisotopic (exact) mass is 651 g/mol. The molecule has 0 heteroatoms. The van der Waals surface area contributed by atoms with E-state index in [1.807, 2.05) is 20.8 Å². The topological polar surface area (TPSA) is 0 Å². The van der Waals surface area contributed by atoms with Gasteiger partial charge in [0.15, 0.2) is 0 Å². The summed E-state index contributed by atoms with van der Waals surface area (Å²) >= 11 is 0. The van der Waals surface area contributed by atoms with Gasteiger partial charge in [-0.25, -0.2) is 0 Å². The number of hydrogen-bond acceptors (Lipinski definition) is 0. The molecule has 0 aliphatic heterocycles. The second kappa shape index (κ2) is 56.4. The van der Waals surface area contributed by atoms with Gasteiger partial charge >= 0.3 is 0 Å². The van der Waals surface area contributed by atoms with Crippen molar-refractivity contribution in [2.45, 2.75) is 208 Å². The molecule has 46 heavy (non-hydrogen) atoms. The average Bonchev–Trinajstić information content (AvgIpc) is 3.09. The Bertz CT molecular complexity index is 462. The van der Waals surface area contributed by atoms with E-state index in [9.17, 15) is 0 Å². The van der Waals surface area contributed by atoms with E-state index < -0.39 is 0 Å². The van der Waals surface area contributed by atoms with E-state index in [0.29, 0.717) is 11.8 Å². The molecule has 0 saturated heterocycles. The fraction of sp³-hybridized carbons (Fsp3) is 0.783. The Morgan fingerprint density at radius 3 is 0.935 bits per heavy atom. The summed E-state index contributed by atoms with van der Waals surface area (Å²) in [6.07, 6.45) is 19.7. The Labute approximate surface area is 300 Å². The minimum Gasteiger partial charge on any atom is -0.340 e. The van der Waals surface area contributed by atoms with Crippen LogP contribution >= 0.6 is 0 Å².